The fourth-order valence-electron chi connectivity index (χ4n) is 4.27. The summed E-state index contributed by atoms with van der Waals surface area (Å²) in [4.78, 5) is 17.0. The molecule has 0 radical (unpaired) electrons. The van der Waals surface area contributed by atoms with Crippen molar-refractivity contribution in [2.24, 2.45) is 5.73 Å². The summed E-state index contributed by atoms with van der Waals surface area (Å²) in [5.74, 6) is -2.33. The Morgan fingerprint density at radius 1 is 1.14 bits per heavy atom. The lowest BCUT2D eigenvalue weighted by Gasteiger charge is -2.32. The highest BCUT2D eigenvalue weighted by Gasteiger charge is 2.44. The lowest BCUT2D eigenvalue weighted by atomic mass is 9.72. The highest BCUT2D eigenvalue weighted by Crippen LogP contribution is 2.41. The van der Waals surface area contributed by atoms with Gasteiger partial charge in [-0.1, -0.05) is 31.2 Å². The molecule has 0 spiro atoms. The van der Waals surface area contributed by atoms with E-state index in [1.807, 2.05) is 0 Å². The van der Waals surface area contributed by atoms with Gasteiger partial charge in [-0.2, -0.15) is 18.3 Å². The Labute approximate surface area is 198 Å². The van der Waals surface area contributed by atoms with Gasteiger partial charge in [0.15, 0.2) is 5.65 Å². The predicted octanol–water partition coefficient (Wildman–Crippen LogP) is 5.16. The molecule has 2 atom stereocenters. The van der Waals surface area contributed by atoms with Gasteiger partial charge in [0.25, 0.3) is 0 Å². The number of fused-ring (bicyclic) bond motifs is 1. The first kappa shape index (κ1) is 24.3. The molecule has 0 amide bonds. The molecular weight excluding hydrogens is 464 g/mol. The number of aromatic nitrogens is 3. The number of hydrogen-bond acceptors (Lipinski definition) is 4. The quantitative estimate of drug-likeness (QED) is 0.367. The first-order valence-electron chi connectivity index (χ1n) is 10.7. The van der Waals surface area contributed by atoms with E-state index in [1.165, 1.54) is 54.0 Å². The molecule has 4 aromatic rings. The first-order chi connectivity index (χ1) is 16.5. The summed E-state index contributed by atoms with van der Waals surface area (Å²) in [6, 6.07) is 11.7. The largest absolute Gasteiger partial charge is 0.481 e. The second kappa shape index (κ2) is 8.77. The van der Waals surface area contributed by atoms with Crippen LogP contribution < -0.4 is 5.73 Å². The fraction of sp³-hybridized carbons (Fsp3) is 0.240. The molecule has 0 aliphatic rings. The van der Waals surface area contributed by atoms with Gasteiger partial charge in [-0.25, -0.2) is 13.9 Å². The zero-order chi connectivity index (χ0) is 25.5. The second-order valence-corrected chi connectivity index (χ2v) is 8.45. The van der Waals surface area contributed by atoms with Gasteiger partial charge in [0, 0.05) is 18.7 Å². The molecule has 6 nitrogen and oxygen atoms in total. The molecule has 2 aromatic carbocycles. The number of hydrogen-bond donors (Lipinski definition) is 2. The van der Waals surface area contributed by atoms with Gasteiger partial charge < -0.3 is 10.8 Å². The van der Waals surface area contributed by atoms with E-state index < -0.39 is 34.9 Å². The van der Waals surface area contributed by atoms with E-state index in [2.05, 4.69) is 10.1 Å². The molecule has 0 saturated carbocycles. The van der Waals surface area contributed by atoms with Crippen molar-refractivity contribution in [3.05, 3.63) is 89.1 Å². The molecule has 2 aromatic heterocycles. The third-order valence-corrected chi connectivity index (χ3v) is 6.48. The van der Waals surface area contributed by atoms with Crippen molar-refractivity contribution in [3.63, 3.8) is 0 Å². The minimum Gasteiger partial charge on any atom is -0.481 e. The topological polar surface area (TPSA) is 93.5 Å². The smallest absolute Gasteiger partial charge is 0.416 e. The van der Waals surface area contributed by atoms with E-state index in [4.69, 9.17) is 5.73 Å². The lowest BCUT2D eigenvalue weighted by Crippen LogP contribution is -2.39. The summed E-state index contributed by atoms with van der Waals surface area (Å²) in [5, 5.41) is 14.8. The molecule has 0 saturated heterocycles. The van der Waals surface area contributed by atoms with Crippen LogP contribution in [0.15, 0.2) is 60.8 Å². The zero-order valence-corrected chi connectivity index (χ0v) is 18.8. The minimum atomic E-state index is -4.49. The summed E-state index contributed by atoms with van der Waals surface area (Å²) in [6.45, 7) is 3.14. The minimum absolute atomic E-state index is 0.0532. The van der Waals surface area contributed by atoms with Gasteiger partial charge in [0.05, 0.1) is 22.5 Å². The van der Waals surface area contributed by atoms with Crippen LogP contribution in [0.25, 0.3) is 16.8 Å². The second-order valence-electron chi connectivity index (χ2n) is 8.45. The van der Waals surface area contributed by atoms with Crippen molar-refractivity contribution in [3.8, 4) is 11.1 Å². The molecule has 4 rings (SSSR count). The zero-order valence-electron chi connectivity index (χ0n) is 18.8. The van der Waals surface area contributed by atoms with E-state index in [0.29, 0.717) is 22.4 Å². The van der Waals surface area contributed by atoms with Crippen molar-refractivity contribution in [1.29, 1.82) is 0 Å². The number of aliphatic carboxylic acids is 1. The molecule has 2 heterocycles. The Balaban J connectivity index is 1.92. The Hall–Kier alpha value is -3.79. The molecule has 3 N–H and O–H groups in total. The Morgan fingerprint density at radius 3 is 2.40 bits per heavy atom. The number of alkyl halides is 3. The van der Waals surface area contributed by atoms with Crippen LogP contribution in [-0.2, 0) is 22.9 Å². The van der Waals surface area contributed by atoms with Crippen LogP contribution >= 0.6 is 0 Å². The normalized spacial score (nSPS) is 14.6. The van der Waals surface area contributed by atoms with Gasteiger partial charge >= 0.3 is 12.1 Å². The Bertz CT molecular complexity index is 1400. The van der Waals surface area contributed by atoms with Crippen LogP contribution in [0.3, 0.4) is 0 Å². The number of carbonyl (C=O) groups is 1. The van der Waals surface area contributed by atoms with Crippen LogP contribution in [-0.4, -0.2) is 25.7 Å². The third-order valence-electron chi connectivity index (χ3n) is 6.48. The number of carboxylic acids is 1. The number of halogens is 4. The van der Waals surface area contributed by atoms with Gasteiger partial charge in [0.1, 0.15) is 11.2 Å². The first-order valence-corrected chi connectivity index (χ1v) is 10.7. The van der Waals surface area contributed by atoms with Crippen molar-refractivity contribution < 1.29 is 27.5 Å². The lowest BCUT2D eigenvalue weighted by molar-refractivity contribution is -0.144. The van der Waals surface area contributed by atoms with Crippen molar-refractivity contribution >= 4 is 11.6 Å². The molecule has 35 heavy (non-hydrogen) atoms. The van der Waals surface area contributed by atoms with E-state index in [-0.39, 0.29) is 17.9 Å². The van der Waals surface area contributed by atoms with E-state index >= 15 is 0 Å². The maximum absolute atomic E-state index is 13.9. The Kier molecular flexibility index (Phi) is 6.10. The van der Waals surface area contributed by atoms with Gasteiger partial charge in [0.2, 0.25) is 0 Å². The monoisotopic (exact) mass is 486 g/mol. The molecular formula is C25H22F4N4O2. The maximum Gasteiger partial charge on any atom is 0.416 e. The average molecular weight is 486 g/mol. The Morgan fingerprint density at radius 2 is 1.83 bits per heavy atom. The summed E-state index contributed by atoms with van der Waals surface area (Å²) < 4.78 is 54.4. The summed E-state index contributed by atoms with van der Waals surface area (Å²) in [6.07, 6.45) is -3.07. The highest BCUT2D eigenvalue weighted by molar-refractivity contribution is 5.84. The molecule has 0 bridgehead atoms. The number of benzene rings is 2. The molecule has 0 aliphatic carbocycles. The highest BCUT2D eigenvalue weighted by atomic mass is 19.4. The summed E-state index contributed by atoms with van der Waals surface area (Å²) >= 11 is 0. The fourth-order valence-corrected chi connectivity index (χ4v) is 4.27. The van der Waals surface area contributed by atoms with Crippen molar-refractivity contribution in [2.75, 3.05) is 0 Å². The summed E-state index contributed by atoms with van der Waals surface area (Å²) in [5.41, 5.74) is 5.69. The standard InChI is InChI=1S/C25H22F4N4O2/c1-14(16-4-3-5-18(26)12-16)24(2,23(34)35)20-10-11-31-22-21(19(13-30)32-33(20)22)15-6-8-17(9-7-15)25(27,28)29/h3-12,14H,13,30H2,1-2H3,(H,34,35)/t14?,24-/m1/s1. The van der Waals surface area contributed by atoms with Gasteiger partial charge in [-0.15, -0.1) is 0 Å². The van der Waals surface area contributed by atoms with Crippen LogP contribution in [0.5, 0.6) is 0 Å². The number of nitrogens with zero attached hydrogens (tertiary/aromatic N) is 3. The molecule has 182 valence electrons. The molecule has 10 heteroatoms. The molecule has 0 fully saturated rings. The number of carboxylic acid groups (broad SMARTS) is 1. The van der Waals surface area contributed by atoms with Crippen LogP contribution in [0.2, 0.25) is 0 Å². The SMILES string of the molecule is CC(c1cccc(F)c1)[C@@](C)(C(=O)O)c1ccnc2c(-c3ccc(C(F)(F)F)cc3)c(CN)nn12. The predicted molar refractivity (Wildman–Crippen MR) is 121 cm³/mol. The van der Waals surface area contributed by atoms with Crippen LogP contribution in [0.4, 0.5) is 17.6 Å². The van der Waals surface area contributed by atoms with E-state index in [1.54, 1.807) is 13.0 Å². The summed E-state index contributed by atoms with van der Waals surface area (Å²) in [7, 11) is 0. The van der Waals surface area contributed by atoms with Crippen molar-refractivity contribution in [2.45, 2.75) is 37.9 Å². The van der Waals surface area contributed by atoms with E-state index in [9.17, 15) is 27.5 Å². The number of rotatable bonds is 6. The average Bonchev–Trinajstić information content (AvgIpc) is 3.21. The van der Waals surface area contributed by atoms with Gasteiger partial charge in [-0.3, -0.25) is 4.79 Å². The van der Waals surface area contributed by atoms with E-state index in [0.717, 1.165) is 12.1 Å². The third kappa shape index (κ3) is 4.14. The number of nitrogens with two attached hydrogens (primary N) is 1. The van der Waals surface area contributed by atoms with Crippen LogP contribution in [0.1, 0.15) is 42.3 Å². The molecule has 0 aliphatic heterocycles. The van der Waals surface area contributed by atoms with Gasteiger partial charge in [-0.05, 0) is 48.4 Å². The maximum atomic E-state index is 13.9. The van der Waals surface area contributed by atoms with Crippen molar-refractivity contribution in [1.82, 2.24) is 14.6 Å². The van der Waals surface area contributed by atoms with Crippen LogP contribution in [0, 0.1) is 5.82 Å². The molecule has 1 unspecified atom stereocenters.